The fourth-order valence-electron chi connectivity index (χ4n) is 3.60. The van der Waals surface area contributed by atoms with Crippen LogP contribution in [0.1, 0.15) is 37.6 Å². The van der Waals surface area contributed by atoms with Crippen LogP contribution < -0.4 is 5.73 Å². The van der Waals surface area contributed by atoms with E-state index in [1.807, 2.05) is 0 Å². The summed E-state index contributed by atoms with van der Waals surface area (Å²) in [5, 5.41) is 4.56. The van der Waals surface area contributed by atoms with Crippen LogP contribution in [0.5, 0.6) is 0 Å². The molecule has 0 radical (unpaired) electrons. The average molecular weight is 263 g/mol. The number of aromatic nitrogens is 2. The molecule has 2 N–H and O–H groups in total. The van der Waals surface area contributed by atoms with E-state index in [1.165, 1.54) is 18.5 Å². The minimum atomic E-state index is 0.139. The highest BCUT2D eigenvalue weighted by molar-refractivity contribution is 5.14. The molecule has 2 heterocycles. The minimum Gasteiger partial charge on any atom is -0.377 e. The molecule has 4 nitrogen and oxygen atoms in total. The summed E-state index contributed by atoms with van der Waals surface area (Å²) in [6.45, 7) is 6.74. The number of nitrogens with zero attached hydrogens (tertiary/aromatic N) is 2. The lowest BCUT2D eigenvalue weighted by molar-refractivity contribution is 0.0336. The van der Waals surface area contributed by atoms with Crippen LogP contribution in [0.2, 0.25) is 0 Å². The smallest absolute Gasteiger partial charge is 0.0676 e. The summed E-state index contributed by atoms with van der Waals surface area (Å²) in [5.41, 5.74) is 8.72. The molecule has 19 heavy (non-hydrogen) atoms. The van der Waals surface area contributed by atoms with E-state index in [1.54, 1.807) is 0 Å². The van der Waals surface area contributed by atoms with Crippen LogP contribution in [0.4, 0.5) is 0 Å². The third-order valence-electron chi connectivity index (χ3n) is 4.78. The SMILES string of the molecule is CCn1nc(C)cc1CC1(CN)CCOC1C1CC1. The Morgan fingerprint density at radius 3 is 2.95 bits per heavy atom. The molecule has 1 aromatic heterocycles. The van der Waals surface area contributed by atoms with Gasteiger partial charge in [0.25, 0.3) is 0 Å². The van der Waals surface area contributed by atoms with Gasteiger partial charge in [0.05, 0.1) is 11.8 Å². The molecule has 106 valence electrons. The molecule has 1 aliphatic carbocycles. The van der Waals surface area contributed by atoms with Crippen molar-refractivity contribution in [1.29, 1.82) is 0 Å². The zero-order valence-electron chi connectivity index (χ0n) is 12.1. The van der Waals surface area contributed by atoms with Crippen molar-refractivity contribution in [2.24, 2.45) is 17.1 Å². The summed E-state index contributed by atoms with van der Waals surface area (Å²) < 4.78 is 8.15. The van der Waals surface area contributed by atoms with Crippen molar-refractivity contribution in [1.82, 2.24) is 9.78 Å². The lowest BCUT2D eigenvalue weighted by Gasteiger charge is -2.33. The zero-order chi connectivity index (χ0) is 13.5. The number of nitrogens with two attached hydrogens (primary N) is 1. The lowest BCUT2D eigenvalue weighted by Crippen LogP contribution is -2.42. The van der Waals surface area contributed by atoms with Gasteiger partial charge in [0, 0.05) is 30.8 Å². The molecule has 2 atom stereocenters. The second-order valence-electron chi connectivity index (χ2n) is 6.21. The second kappa shape index (κ2) is 4.91. The number of aryl methyl sites for hydroxylation is 2. The Balaban J connectivity index is 1.85. The first-order valence-electron chi connectivity index (χ1n) is 7.53. The van der Waals surface area contributed by atoms with Crippen molar-refractivity contribution >= 4 is 0 Å². The molecular formula is C15H25N3O. The molecule has 3 rings (SSSR count). The van der Waals surface area contributed by atoms with Crippen LogP contribution in [0.3, 0.4) is 0 Å². The van der Waals surface area contributed by atoms with Gasteiger partial charge in [-0.3, -0.25) is 4.68 Å². The minimum absolute atomic E-state index is 0.139. The van der Waals surface area contributed by atoms with Gasteiger partial charge in [0.2, 0.25) is 0 Å². The summed E-state index contributed by atoms with van der Waals surface area (Å²) in [6, 6.07) is 2.21. The van der Waals surface area contributed by atoms with E-state index in [2.05, 4.69) is 29.7 Å². The first-order chi connectivity index (χ1) is 9.18. The van der Waals surface area contributed by atoms with E-state index < -0.39 is 0 Å². The maximum atomic E-state index is 6.16. The predicted molar refractivity (Wildman–Crippen MR) is 74.9 cm³/mol. The third-order valence-corrected chi connectivity index (χ3v) is 4.78. The Labute approximate surface area is 115 Å². The molecule has 1 saturated carbocycles. The van der Waals surface area contributed by atoms with E-state index in [0.717, 1.165) is 44.1 Å². The van der Waals surface area contributed by atoms with Gasteiger partial charge < -0.3 is 10.5 Å². The van der Waals surface area contributed by atoms with Crippen molar-refractivity contribution in [2.75, 3.05) is 13.2 Å². The quantitative estimate of drug-likeness (QED) is 0.882. The number of ether oxygens (including phenoxy) is 1. The standard InChI is InChI=1S/C15H25N3O/c1-3-18-13(8-11(2)17-18)9-15(10-16)6-7-19-14(15)12-4-5-12/h8,12,14H,3-7,9-10,16H2,1-2H3. The normalized spacial score (nSPS) is 31.0. The molecule has 1 saturated heterocycles. The highest BCUT2D eigenvalue weighted by atomic mass is 16.5. The van der Waals surface area contributed by atoms with Crippen LogP contribution in [0.15, 0.2) is 6.07 Å². The van der Waals surface area contributed by atoms with E-state index >= 15 is 0 Å². The second-order valence-corrected chi connectivity index (χ2v) is 6.21. The maximum Gasteiger partial charge on any atom is 0.0676 e. The molecule has 2 unspecified atom stereocenters. The van der Waals surface area contributed by atoms with E-state index in [4.69, 9.17) is 10.5 Å². The van der Waals surface area contributed by atoms with Gasteiger partial charge in [0.1, 0.15) is 0 Å². The predicted octanol–water partition coefficient (Wildman–Crippen LogP) is 1.90. The summed E-state index contributed by atoms with van der Waals surface area (Å²) in [5.74, 6) is 0.755. The van der Waals surface area contributed by atoms with Crippen molar-refractivity contribution in [3.05, 3.63) is 17.5 Å². The molecule has 0 amide bonds. The number of hydrogen-bond acceptors (Lipinski definition) is 3. The Morgan fingerprint density at radius 2 is 2.32 bits per heavy atom. The summed E-state index contributed by atoms with van der Waals surface area (Å²) in [7, 11) is 0. The fourth-order valence-corrected chi connectivity index (χ4v) is 3.60. The van der Waals surface area contributed by atoms with E-state index in [0.29, 0.717) is 6.10 Å². The Morgan fingerprint density at radius 1 is 1.53 bits per heavy atom. The monoisotopic (exact) mass is 263 g/mol. The molecule has 1 aromatic rings. The molecule has 4 heteroatoms. The zero-order valence-corrected chi connectivity index (χ0v) is 12.1. The molecule has 1 aliphatic heterocycles. The number of hydrogen-bond donors (Lipinski definition) is 1. The van der Waals surface area contributed by atoms with Crippen LogP contribution in [0, 0.1) is 18.3 Å². The molecule has 2 fully saturated rings. The summed E-state index contributed by atoms with van der Waals surface area (Å²) in [6.07, 6.45) is 5.12. The number of rotatable bonds is 5. The largest absolute Gasteiger partial charge is 0.377 e. The van der Waals surface area contributed by atoms with E-state index in [9.17, 15) is 0 Å². The van der Waals surface area contributed by atoms with Crippen LogP contribution in [0.25, 0.3) is 0 Å². The summed E-state index contributed by atoms with van der Waals surface area (Å²) in [4.78, 5) is 0. The van der Waals surface area contributed by atoms with Crippen LogP contribution in [-0.2, 0) is 17.7 Å². The Bertz CT molecular complexity index is 452. The topological polar surface area (TPSA) is 53.1 Å². The van der Waals surface area contributed by atoms with Gasteiger partial charge in [-0.25, -0.2) is 0 Å². The van der Waals surface area contributed by atoms with Crippen LogP contribution in [-0.4, -0.2) is 29.0 Å². The Hall–Kier alpha value is -0.870. The highest BCUT2D eigenvalue weighted by Crippen LogP contribution is 2.48. The van der Waals surface area contributed by atoms with Gasteiger partial charge in [0.15, 0.2) is 0 Å². The van der Waals surface area contributed by atoms with Crippen molar-refractivity contribution in [2.45, 2.75) is 52.2 Å². The van der Waals surface area contributed by atoms with Gasteiger partial charge in [-0.2, -0.15) is 5.10 Å². The van der Waals surface area contributed by atoms with E-state index in [-0.39, 0.29) is 5.41 Å². The highest BCUT2D eigenvalue weighted by Gasteiger charge is 2.50. The summed E-state index contributed by atoms with van der Waals surface area (Å²) >= 11 is 0. The molecule has 0 spiro atoms. The lowest BCUT2D eigenvalue weighted by atomic mass is 9.75. The van der Waals surface area contributed by atoms with Gasteiger partial charge in [-0.05, 0) is 51.5 Å². The van der Waals surface area contributed by atoms with Crippen LogP contribution >= 0.6 is 0 Å². The molecule has 0 bridgehead atoms. The Kier molecular flexibility index (Phi) is 3.39. The maximum absolute atomic E-state index is 6.16. The van der Waals surface area contributed by atoms with Gasteiger partial charge in [-0.1, -0.05) is 0 Å². The van der Waals surface area contributed by atoms with Gasteiger partial charge in [-0.15, -0.1) is 0 Å². The third kappa shape index (κ3) is 2.32. The van der Waals surface area contributed by atoms with Crippen molar-refractivity contribution in [3.8, 4) is 0 Å². The average Bonchev–Trinajstić information content (AvgIpc) is 3.07. The molecule has 2 aliphatic rings. The first kappa shape index (κ1) is 13.1. The fraction of sp³-hybridized carbons (Fsp3) is 0.800. The van der Waals surface area contributed by atoms with Crippen molar-refractivity contribution in [3.63, 3.8) is 0 Å². The molecule has 0 aromatic carbocycles. The van der Waals surface area contributed by atoms with Crippen molar-refractivity contribution < 1.29 is 4.74 Å². The molecular weight excluding hydrogens is 238 g/mol. The van der Waals surface area contributed by atoms with Gasteiger partial charge >= 0.3 is 0 Å². The first-order valence-corrected chi connectivity index (χ1v) is 7.53.